The van der Waals surface area contributed by atoms with Crippen LogP contribution in [0.15, 0.2) is 24.3 Å². The van der Waals surface area contributed by atoms with Crippen LogP contribution in [-0.2, 0) is 25.2 Å². The van der Waals surface area contributed by atoms with Gasteiger partial charge in [0, 0.05) is 0 Å². The molecule has 0 radical (unpaired) electrons. The normalized spacial score (nSPS) is 32.3. The van der Waals surface area contributed by atoms with Crippen LogP contribution in [0.4, 0.5) is 0 Å². The molecule has 1 heterocycles. The molecule has 19 heavy (non-hydrogen) atoms. The van der Waals surface area contributed by atoms with Gasteiger partial charge in [-0.3, -0.25) is 9.36 Å². The van der Waals surface area contributed by atoms with E-state index in [2.05, 4.69) is 5.09 Å². The first-order chi connectivity index (χ1) is 8.87. The Morgan fingerprint density at radius 2 is 2.16 bits per heavy atom. The Bertz CT molecular complexity index is 536. The Kier molecular flexibility index (Phi) is 4.31. The molecule has 0 saturated carbocycles. The van der Waals surface area contributed by atoms with E-state index in [-0.39, 0.29) is 12.7 Å². The zero-order valence-electron chi connectivity index (χ0n) is 10.6. The summed E-state index contributed by atoms with van der Waals surface area (Å²) in [7, 11) is 0. The van der Waals surface area contributed by atoms with Crippen molar-refractivity contribution in [2.75, 3.05) is 0 Å². The van der Waals surface area contributed by atoms with Crippen molar-refractivity contribution in [1.82, 2.24) is 5.09 Å². The minimum Gasteiger partial charge on any atom is -0.457 e. The number of hydrogen-bond donors (Lipinski definition) is 1. The zero-order chi connectivity index (χ0) is 14.0. The molecule has 5 nitrogen and oxygen atoms in total. The number of carbonyl (C=O) groups is 1. The standard InChI is InChI=1S/C12H15ClNO4P/c1-8-12(15)18-9(2)11-5-3-4-10(6-11)7-17-19(13,16)14-8/h3-6,8-9H,7H2,1-2H3,(H,14,16). The van der Waals surface area contributed by atoms with Gasteiger partial charge in [0.2, 0.25) is 0 Å². The first-order valence-corrected chi connectivity index (χ1v) is 8.42. The maximum atomic E-state index is 11.9. The smallest absolute Gasteiger partial charge is 0.361 e. The summed E-state index contributed by atoms with van der Waals surface area (Å²) in [5.41, 5.74) is 1.67. The van der Waals surface area contributed by atoms with Crippen molar-refractivity contribution < 1.29 is 18.6 Å². The SMILES string of the molecule is CC1NP(=O)(Cl)OCc2cccc(c2)C(C)OC1=O. The summed E-state index contributed by atoms with van der Waals surface area (Å²) in [6.45, 7) is -0.141. The highest BCUT2D eigenvalue weighted by Crippen LogP contribution is 2.49. The van der Waals surface area contributed by atoms with Gasteiger partial charge >= 0.3 is 12.8 Å². The Morgan fingerprint density at radius 1 is 1.42 bits per heavy atom. The molecule has 2 bridgehead atoms. The molecule has 0 spiro atoms. The number of esters is 1. The van der Waals surface area contributed by atoms with Crippen molar-refractivity contribution in [3.63, 3.8) is 0 Å². The molecule has 3 unspecified atom stereocenters. The quantitative estimate of drug-likeness (QED) is 0.589. The fourth-order valence-corrected chi connectivity index (χ4v) is 3.30. The van der Waals surface area contributed by atoms with E-state index in [1.807, 2.05) is 24.3 Å². The maximum Gasteiger partial charge on any atom is 0.361 e. The highest BCUT2D eigenvalue weighted by atomic mass is 35.7. The summed E-state index contributed by atoms with van der Waals surface area (Å²) in [5.74, 6) is -0.524. The van der Waals surface area contributed by atoms with E-state index in [0.29, 0.717) is 0 Å². The molecule has 1 aliphatic heterocycles. The maximum absolute atomic E-state index is 11.9. The molecular formula is C12H15ClNO4P. The molecule has 1 aromatic rings. The van der Waals surface area contributed by atoms with Crippen molar-refractivity contribution in [1.29, 1.82) is 0 Å². The second kappa shape index (κ2) is 5.63. The fourth-order valence-electron chi connectivity index (χ4n) is 1.76. The van der Waals surface area contributed by atoms with Crippen LogP contribution in [0.5, 0.6) is 0 Å². The predicted molar refractivity (Wildman–Crippen MR) is 71.8 cm³/mol. The van der Waals surface area contributed by atoms with Crippen LogP contribution in [0.25, 0.3) is 0 Å². The summed E-state index contributed by atoms with van der Waals surface area (Å²) in [6.07, 6.45) is -0.385. The first-order valence-electron chi connectivity index (χ1n) is 5.89. The van der Waals surface area contributed by atoms with E-state index >= 15 is 0 Å². The molecule has 1 aromatic carbocycles. The van der Waals surface area contributed by atoms with Crippen LogP contribution in [0.2, 0.25) is 0 Å². The van der Waals surface area contributed by atoms with Gasteiger partial charge in [-0.25, -0.2) is 5.09 Å². The third kappa shape index (κ3) is 3.80. The number of hydrogen-bond acceptors (Lipinski definition) is 4. The number of carbonyl (C=O) groups excluding carboxylic acids is 1. The summed E-state index contributed by atoms with van der Waals surface area (Å²) in [5, 5.41) is 2.46. The molecule has 0 aromatic heterocycles. The second-order valence-electron chi connectivity index (χ2n) is 4.43. The van der Waals surface area contributed by atoms with Crippen molar-refractivity contribution in [2.24, 2.45) is 0 Å². The lowest BCUT2D eigenvalue weighted by Crippen LogP contribution is -2.33. The molecule has 0 fully saturated rings. The number of cyclic esters (lactones) is 1. The van der Waals surface area contributed by atoms with Crippen molar-refractivity contribution >= 4 is 24.1 Å². The van der Waals surface area contributed by atoms with Crippen LogP contribution in [0.1, 0.15) is 31.1 Å². The van der Waals surface area contributed by atoms with Gasteiger partial charge in [0.05, 0.1) is 6.61 Å². The summed E-state index contributed by atoms with van der Waals surface area (Å²) >= 11 is 5.75. The van der Waals surface area contributed by atoms with Crippen molar-refractivity contribution in [3.8, 4) is 0 Å². The van der Waals surface area contributed by atoms with E-state index in [4.69, 9.17) is 20.5 Å². The molecule has 3 atom stereocenters. The van der Waals surface area contributed by atoms with E-state index in [1.165, 1.54) is 6.92 Å². The number of halogens is 1. The van der Waals surface area contributed by atoms with Crippen LogP contribution in [-0.4, -0.2) is 12.0 Å². The molecule has 104 valence electrons. The largest absolute Gasteiger partial charge is 0.457 e. The van der Waals surface area contributed by atoms with Crippen LogP contribution >= 0.6 is 18.1 Å². The molecule has 0 saturated heterocycles. The summed E-state index contributed by atoms with van der Waals surface area (Å²) < 4.78 is 22.4. The second-order valence-corrected chi connectivity index (χ2v) is 7.24. The Balaban J connectivity index is 2.33. The summed E-state index contributed by atoms with van der Waals surface area (Å²) in [4.78, 5) is 11.8. The van der Waals surface area contributed by atoms with Gasteiger partial charge in [-0.1, -0.05) is 18.2 Å². The average Bonchev–Trinajstić information content (AvgIpc) is 2.36. The Hall–Kier alpha value is -0.870. The lowest BCUT2D eigenvalue weighted by molar-refractivity contribution is -0.150. The van der Waals surface area contributed by atoms with E-state index in [9.17, 15) is 9.36 Å². The minimum atomic E-state index is -3.56. The monoisotopic (exact) mass is 303 g/mol. The van der Waals surface area contributed by atoms with Gasteiger partial charge in [-0.2, -0.15) is 0 Å². The van der Waals surface area contributed by atoms with Crippen molar-refractivity contribution in [2.45, 2.75) is 32.6 Å². The topological polar surface area (TPSA) is 64.6 Å². The van der Waals surface area contributed by atoms with Crippen LogP contribution < -0.4 is 5.09 Å². The van der Waals surface area contributed by atoms with Gasteiger partial charge in [0.15, 0.2) is 0 Å². The van der Waals surface area contributed by atoms with Gasteiger partial charge in [-0.15, -0.1) is 0 Å². The lowest BCUT2D eigenvalue weighted by atomic mass is 10.1. The third-order valence-corrected chi connectivity index (χ3v) is 4.55. The van der Waals surface area contributed by atoms with Gasteiger partial charge in [0.1, 0.15) is 12.1 Å². The van der Waals surface area contributed by atoms with Crippen LogP contribution in [0, 0.1) is 0 Å². The number of benzene rings is 1. The molecule has 1 aliphatic rings. The first kappa shape index (κ1) is 14.5. The molecule has 1 N–H and O–H groups in total. The highest BCUT2D eigenvalue weighted by Gasteiger charge is 2.28. The Morgan fingerprint density at radius 3 is 2.89 bits per heavy atom. The fraction of sp³-hybridized carbons (Fsp3) is 0.417. The van der Waals surface area contributed by atoms with Gasteiger partial charge in [0.25, 0.3) is 0 Å². The van der Waals surface area contributed by atoms with Crippen molar-refractivity contribution in [3.05, 3.63) is 35.4 Å². The number of ether oxygens (including phenoxy) is 1. The predicted octanol–water partition coefficient (Wildman–Crippen LogP) is 3.15. The third-order valence-electron chi connectivity index (χ3n) is 2.81. The zero-order valence-corrected chi connectivity index (χ0v) is 12.3. The minimum absolute atomic E-state index is 0.106. The average molecular weight is 304 g/mol. The van der Waals surface area contributed by atoms with Crippen LogP contribution in [0.3, 0.4) is 0 Å². The molecule has 0 amide bonds. The van der Waals surface area contributed by atoms with Gasteiger partial charge < -0.3 is 9.26 Å². The number of rotatable bonds is 0. The number of nitrogens with one attached hydrogen (secondary N) is 1. The molecular weight excluding hydrogens is 289 g/mol. The number of fused-ring (bicyclic) bond motifs is 2. The highest BCUT2D eigenvalue weighted by molar-refractivity contribution is 7.83. The van der Waals surface area contributed by atoms with E-state index in [1.54, 1.807) is 6.92 Å². The lowest BCUT2D eigenvalue weighted by Gasteiger charge is -2.18. The molecule has 0 aliphatic carbocycles. The summed E-state index contributed by atoms with van der Waals surface area (Å²) in [6, 6.07) is 6.55. The molecule has 7 heteroatoms. The Labute approximate surface area is 116 Å². The van der Waals surface area contributed by atoms with E-state index in [0.717, 1.165) is 11.1 Å². The molecule has 2 rings (SSSR count). The van der Waals surface area contributed by atoms with Gasteiger partial charge in [-0.05, 0) is 42.3 Å². The van der Waals surface area contributed by atoms with E-state index < -0.39 is 18.9 Å².